The third-order valence-corrected chi connectivity index (χ3v) is 8.44. The molecule has 0 heterocycles. The van der Waals surface area contributed by atoms with Crippen LogP contribution in [-0.2, 0) is 4.18 Å². The Labute approximate surface area is 182 Å². The second-order valence-corrected chi connectivity index (χ2v) is 10.2. The highest BCUT2D eigenvalue weighted by Gasteiger charge is 2.41. The highest BCUT2D eigenvalue weighted by Crippen LogP contribution is 2.69. The minimum absolute atomic E-state index is 0.136. The first-order valence-corrected chi connectivity index (χ1v) is 12.6. The first kappa shape index (κ1) is 22.2. The van der Waals surface area contributed by atoms with Crippen molar-refractivity contribution in [2.75, 3.05) is 0 Å². The van der Waals surface area contributed by atoms with Gasteiger partial charge >= 0.3 is 5.97 Å². The molecule has 0 aliphatic heterocycles. The average Bonchev–Trinajstić information content (AvgIpc) is 2.81. The summed E-state index contributed by atoms with van der Waals surface area (Å²) < 4.78 is 6.58. The van der Waals surface area contributed by atoms with E-state index in [-0.39, 0.29) is 5.97 Å². The van der Waals surface area contributed by atoms with E-state index in [1.807, 2.05) is 54.6 Å². The predicted molar refractivity (Wildman–Crippen MR) is 128 cm³/mol. The van der Waals surface area contributed by atoms with E-state index >= 15 is 0 Å². The number of hydrogen-bond donors (Lipinski definition) is 0. The molecule has 0 saturated carbocycles. The van der Waals surface area contributed by atoms with E-state index in [4.69, 9.17) is 4.18 Å². The maximum Gasteiger partial charge on any atom is 0.495 e. The van der Waals surface area contributed by atoms with Gasteiger partial charge in [-0.15, -0.1) is 0 Å². The van der Waals surface area contributed by atoms with Crippen LogP contribution < -0.4 is 0 Å². The standard InChI is InChI=1S/C27H32O2S/c1-2-3-4-5-6-16-23-27(28)29-30(24-17-10-7-11-18-24,25-19-12-8-13-20-25)26-21-14-9-15-22-26/h7-15,17-22H,2-6,16,23H2,1H3/p+1. The molecule has 0 unspecified atom stereocenters. The van der Waals surface area contributed by atoms with Gasteiger partial charge in [0.15, 0.2) is 0 Å². The van der Waals surface area contributed by atoms with Crippen LogP contribution in [0.4, 0.5) is 0 Å². The van der Waals surface area contributed by atoms with Crippen LogP contribution in [0.3, 0.4) is 0 Å². The molecule has 158 valence electrons. The summed E-state index contributed by atoms with van der Waals surface area (Å²) in [4.78, 5) is 14.1. The van der Waals surface area contributed by atoms with Crippen molar-refractivity contribution in [3.05, 3.63) is 91.0 Å². The molecule has 3 aromatic rings. The average molecular weight is 422 g/mol. The summed E-state index contributed by atoms with van der Waals surface area (Å²) in [5.74, 6) is 0.136. The van der Waals surface area contributed by atoms with Gasteiger partial charge < -0.3 is 4.79 Å². The molecule has 0 saturated heterocycles. The van der Waals surface area contributed by atoms with Gasteiger partial charge in [0.1, 0.15) is 6.42 Å². The van der Waals surface area contributed by atoms with Crippen LogP contribution in [0, 0.1) is 0 Å². The quantitative estimate of drug-likeness (QED) is 0.227. The highest BCUT2D eigenvalue weighted by molar-refractivity contribution is 8.30. The number of carbonyl (C=O) groups excluding carboxylic acids is 1. The molecule has 0 aliphatic carbocycles. The number of unbranched alkanes of at least 4 members (excludes halogenated alkanes) is 5. The molecular formula is C27H33O2S+. The molecule has 0 aromatic heterocycles. The summed E-state index contributed by atoms with van der Waals surface area (Å²) in [6.45, 7) is 2.23. The van der Waals surface area contributed by atoms with Gasteiger partial charge in [0.2, 0.25) is 0 Å². The van der Waals surface area contributed by atoms with E-state index in [1.165, 1.54) is 25.7 Å². The van der Waals surface area contributed by atoms with Gasteiger partial charge in [-0.05, 0) is 42.8 Å². The van der Waals surface area contributed by atoms with E-state index in [9.17, 15) is 4.79 Å². The Balaban J connectivity index is 1.91. The summed E-state index contributed by atoms with van der Waals surface area (Å²) in [7, 11) is -2.07. The van der Waals surface area contributed by atoms with Crippen molar-refractivity contribution in [1.82, 2.24) is 0 Å². The van der Waals surface area contributed by atoms with Crippen LogP contribution in [0.25, 0.3) is 0 Å². The molecule has 0 radical (unpaired) electrons. The fraction of sp³-hybridized carbons (Fsp3) is 0.296. The maximum absolute atomic E-state index is 10.9. The zero-order valence-electron chi connectivity index (χ0n) is 17.9. The normalized spacial score (nSPS) is 11.8. The molecule has 0 bridgehead atoms. The summed E-state index contributed by atoms with van der Waals surface area (Å²) in [6, 6.07) is 30.9. The molecule has 3 heteroatoms. The van der Waals surface area contributed by atoms with Crippen LogP contribution in [-0.4, -0.2) is 10.8 Å². The lowest BCUT2D eigenvalue weighted by molar-refractivity contribution is 0.469. The Morgan fingerprint density at radius 3 is 1.47 bits per heavy atom. The lowest BCUT2D eigenvalue weighted by Gasteiger charge is -2.33. The molecular weight excluding hydrogens is 388 g/mol. The Morgan fingerprint density at radius 1 is 0.633 bits per heavy atom. The minimum atomic E-state index is -2.07. The van der Waals surface area contributed by atoms with Gasteiger partial charge in [0.05, 0.1) is 25.0 Å². The second-order valence-electron chi connectivity index (χ2n) is 7.49. The van der Waals surface area contributed by atoms with E-state index in [2.05, 4.69) is 43.3 Å². The number of rotatable bonds is 11. The number of hydrogen-bond acceptors (Lipinski definition) is 1. The molecule has 0 aliphatic rings. The Morgan fingerprint density at radius 2 is 1.03 bits per heavy atom. The number of benzene rings is 3. The topological polar surface area (TPSA) is 30.6 Å². The van der Waals surface area contributed by atoms with Crippen LogP contribution in [0.5, 0.6) is 0 Å². The van der Waals surface area contributed by atoms with Crippen molar-refractivity contribution < 1.29 is 8.98 Å². The Hall–Kier alpha value is -2.52. The second kappa shape index (κ2) is 11.6. The monoisotopic (exact) mass is 421 g/mol. The van der Waals surface area contributed by atoms with Crippen molar-refractivity contribution >= 4 is 16.3 Å². The van der Waals surface area contributed by atoms with E-state index in [0.717, 1.165) is 27.5 Å². The SMILES string of the molecule is CCCCCCCCC(=[OH+])OS(c1ccccc1)(c1ccccc1)c1ccccc1. The van der Waals surface area contributed by atoms with Crippen molar-refractivity contribution in [2.24, 2.45) is 0 Å². The molecule has 3 aromatic carbocycles. The summed E-state index contributed by atoms with van der Waals surface area (Å²) in [5, 5.41) is 0. The largest absolute Gasteiger partial charge is 0.495 e. The van der Waals surface area contributed by atoms with Crippen molar-refractivity contribution in [3.63, 3.8) is 0 Å². The molecule has 3 rings (SSSR count). The Bertz CT molecular complexity index is 782. The molecule has 0 spiro atoms. The Kier molecular flexibility index (Phi) is 8.58. The first-order valence-electron chi connectivity index (χ1n) is 11.0. The van der Waals surface area contributed by atoms with Crippen LogP contribution in [0.15, 0.2) is 106 Å². The molecule has 0 amide bonds. The molecule has 0 atom stereocenters. The van der Waals surface area contributed by atoms with E-state index < -0.39 is 10.3 Å². The van der Waals surface area contributed by atoms with Crippen LogP contribution in [0.1, 0.15) is 51.9 Å². The van der Waals surface area contributed by atoms with Gasteiger partial charge in [-0.25, -0.2) is 0 Å². The zero-order chi connectivity index (χ0) is 21.1. The zero-order valence-corrected chi connectivity index (χ0v) is 18.7. The smallest absolute Gasteiger partial charge is 0.338 e. The maximum atomic E-state index is 10.9. The third kappa shape index (κ3) is 5.54. The van der Waals surface area contributed by atoms with E-state index in [0.29, 0.717) is 6.42 Å². The van der Waals surface area contributed by atoms with Crippen molar-refractivity contribution in [2.45, 2.75) is 66.6 Å². The van der Waals surface area contributed by atoms with Gasteiger partial charge in [0.25, 0.3) is 0 Å². The summed E-state index contributed by atoms with van der Waals surface area (Å²) >= 11 is 0. The fourth-order valence-corrected chi connectivity index (χ4v) is 6.73. The van der Waals surface area contributed by atoms with Crippen LogP contribution >= 0.6 is 10.3 Å². The predicted octanol–water partition coefficient (Wildman–Crippen LogP) is 8.15. The molecule has 0 fully saturated rings. The fourth-order valence-electron chi connectivity index (χ4n) is 3.63. The van der Waals surface area contributed by atoms with Gasteiger partial charge in [-0.3, -0.25) is 4.18 Å². The van der Waals surface area contributed by atoms with Gasteiger partial charge in [-0.2, -0.15) is 0 Å². The van der Waals surface area contributed by atoms with Gasteiger partial charge in [-0.1, -0.05) is 93.6 Å². The molecule has 30 heavy (non-hydrogen) atoms. The highest BCUT2D eigenvalue weighted by atomic mass is 32.3. The summed E-state index contributed by atoms with van der Waals surface area (Å²) in [5.41, 5.74) is 0. The molecule has 1 N–H and O–H groups in total. The van der Waals surface area contributed by atoms with Crippen LogP contribution in [0.2, 0.25) is 0 Å². The lowest BCUT2D eigenvalue weighted by atomic mass is 10.1. The lowest BCUT2D eigenvalue weighted by Crippen LogP contribution is -2.14. The first-order chi connectivity index (χ1) is 14.8. The summed E-state index contributed by atoms with van der Waals surface area (Å²) in [6.07, 6.45) is 7.67. The third-order valence-electron chi connectivity index (χ3n) is 5.19. The van der Waals surface area contributed by atoms with Gasteiger partial charge in [0, 0.05) is 0 Å². The van der Waals surface area contributed by atoms with Crippen molar-refractivity contribution in [1.29, 1.82) is 0 Å². The minimum Gasteiger partial charge on any atom is -0.338 e. The molecule has 2 nitrogen and oxygen atoms in total. The van der Waals surface area contributed by atoms with E-state index in [1.54, 1.807) is 0 Å². The van der Waals surface area contributed by atoms with Crippen molar-refractivity contribution in [3.8, 4) is 0 Å².